The van der Waals surface area contributed by atoms with Gasteiger partial charge in [-0.25, -0.2) is 0 Å². The smallest absolute Gasteiger partial charge is 0.306 e. The Morgan fingerprint density at radius 1 is 1.25 bits per heavy atom. The van der Waals surface area contributed by atoms with Crippen LogP contribution >= 0.6 is 0 Å². The van der Waals surface area contributed by atoms with Gasteiger partial charge >= 0.3 is 11.9 Å². The predicted octanol–water partition coefficient (Wildman–Crippen LogP) is 3.00. The van der Waals surface area contributed by atoms with Gasteiger partial charge in [-0.15, -0.1) is 0 Å². The summed E-state index contributed by atoms with van der Waals surface area (Å²) >= 11 is 0. The normalized spacial score (nSPS) is 36.1. The minimum Gasteiger partial charge on any atom is -0.508 e. The third-order valence-corrected chi connectivity index (χ3v) is 7.44. The molecule has 4 rings (SSSR count). The number of carbonyl (C=O) groups excluding carboxylic acids is 1. The van der Waals surface area contributed by atoms with E-state index in [0.29, 0.717) is 24.0 Å². The fraction of sp³-hybridized carbons (Fsp3) is 0.636. The van der Waals surface area contributed by atoms with Gasteiger partial charge in [-0.2, -0.15) is 0 Å². The van der Waals surface area contributed by atoms with Crippen LogP contribution in [0.4, 0.5) is 0 Å². The summed E-state index contributed by atoms with van der Waals surface area (Å²) in [6.07, 6.45) is 2.66. The lowest BCUT2D eigenvalue weighted by atomic mass is 9.55. The monoisotopic (exact) mass is 388 g/mol. The summed E-state index contributed by atoms with van der Waals surface area (Å²) in [6, 6.07) is 5.67. The number of phenolic OH excluding ortho intramolecular Hbond substituents is 1. The van der Waals surface area contributed by atoms with Crippen molar-refractivity contribution < 1.29 is 29.6 Å². The summed E-state index contributed by atoms with van der Waals surface area (Å²) in [5, 5.41) is 29.3. The molecule has 28 heavy (non-hydrogen) atoms. The maximum atomic E-state index is 12.1. The molecule has 0 radical (unpaired) electrons. The Morgan fingerprint density at radius 3 is 2.79 bits per heavy atom. The average Bonchev–Trinajstić information content (AvgIpc) is 2.90. The molecular weight excluding hydrogens is 360 g/mol. The number of fused-ring (bicyclic) bond motifs is 5. The van der Waals surface area contributed by atoms with Crippen molar-refractivity contribution >= 4 is 11.9 Å². The van der Waals surface area contributed by atoms with Crippen LogP contribution in [0.3, 0.4) is 0 Å². The quantitative estimate of drug-likeness (QED) is 0.685. The highest BCUT2D eigenvalue weighted by atomic mass is 16.6. The van der Waals surface area contributed by atoms with Crippen LogP contribution in [0.1, 0.15) is 62.5 Å². The SMILES string of the molecule is CC12CCC3c4ccc(O)cc4CCC3C1CC(O)C2OC(=O)CCC(=O)O. The Bertz CT molecular complexity index is 789. The molecule has 0 aliphatic heterocycles. The number of aliphatic hydroxyl groups excluding tert-OH is 1. The van der Waals surface area contributed by atoms with Gasteiger partial charge in [-0.1, -0.05) is 13.0 Å². The van der Waals surface area contributed by atoms with E-state index in [1.165, 1.54) is 11.1 Å². The first-order valence-corrected chi connectivity index (χ1v) is 10.2. The zero-order valence-corrected chi connectivity index (χ0v) is 16.1. The third kappa shape index (κ3) is 3.17. The van der Waals surface area contributed by atoms with Crippen molar-refractivity contribution in [2.24, 2.45) is 17.3 Å². The molecule has 3 N–H and O–H groups in total. The van der Waals surface area contributed by atoms with Crippen LogP contribution in [-0.2, 0) is 20.7 Å². The number of aliphatic hydroxyl groups is 1. The highest BCUT2D eigenvalue weighted by molar-refractivity contribution is 5.76. The number of carboxylic acids is 1. The number of ether oxygens (including phenoxy) is 1. The second-order valence-electron chi connectivity index (χ2n) is 8.95. The number of rotatable bonds is 4. The van der Waals surface area contributed by atoms with E-state index >= 15 is 0 Å². The number of hydrogen-bond donors (Lipinski definition) is 3. The Morgan fingerprint density at radius 2 is 2.04 bits per heavy atom. The van der Waals surface area contributed by atoms with Gasteiger partial charge in [0.05, 0.1) is 18.9 Å². The van der Waals surface area contributed by atoms with E-state index in [4.69, 9.17) is 9.84 Å². The fourth-order valence-electron chi connectivity index (χ4n) is 6.16. The molecule has 3 aliphatic carbocycles. The molecule has 6 heteroatoms. The third-order valence-electron chi connectivity index (χ3n) is 7.44. The number of aryl methyl sites for hydroxylation is 1. The molecule has 3 aliphatic rings. The molecule has 152 valence electrons. The molecule has 0 saturated heterocycles. The first-order valence-electron chi connectivity index (χ1n) is 10.2. The maximum absolute atomic E-state index is 12.1. The zero-order valence-electron chi connectivity index (χ0n) is 16.1. The van der Waals surface area contributed by atoms with Gasteiger partial charge in [-0.3, -0.25) is 9.59 Å². The molecule has 1 aromatic rings. The molecule has 0 heterocycles. The van der Waals surface area contributed by atoms with Gasteiger partial charge in [0.1, 0.15) is 11.9 Å². The molecule has 6 atom stereocenters. The fourth-order valence-corrected chi connectivity index (χ4v) is 6.16. The molecule has 2 saturated carbocycles. The molecule has 1 aromatic carbocycles. The molecular formula is C22H28O6. The van der Waals surface area contributed by atoms with Crippen molar-refractivity contribution in [1.29, 1.82) is 0 Å². The number of hydrogen-bond acceptors (Lipinski definition) is 5. The summed E-state index contributed by atoms with van der Waals surface area (Å²) in [5.74, 6) is -0.160. The first-order chi connectivity index (χ1) is 13.3. The van der Waals surface area contributed by atoms with E-state index in [0.717, 1.165) is 25.7 Å². The zero-order chi connectivity index (χ0) is 20.1. The van der Waals surface area contributed by atoms with E-state index in [9.17, 15) is 19.8 Å². The minimum absolute atomic E-state index is 0.164. The van der Waals surface area contributed by atoms with E-state index in [1.54, 1.807) is 6.07 Å². The molecule has 2 fully saturated rings. The van der Waals surface area contributed by atoms with Crippen LogP contribution in [0.2, 0.25) is 0 Å². The van der Waals surface area contributed by atoms with Crippen LogP contribution in [-0.4, -0.2) is 39.5 Å². The van der Waals surface area contributed by atoms with E-state index < -0.39 is 24.1 Å². The first kappa shape index (κ1) is 19.2. The number of carbonyl (C=O) groups is 2. The number of benzene rings is 1. The van der Waals surface area contributed by atoms with Crippen molar-refractivity contribution in [2.45, 2.75) is 70.0 Å². The lowest BCUT2D eigenvalue weighted by Gasteiger charge is -2.50. The second kappa shape index (κ2) is 7.07. The highest BCUT2D eigenvalue weighted by Gasteiger charge is 2.59. The minimum atomic E-state index is -1.03. The summed E-state index contributed by atoms with van der Waals surface area (Å²) in [4.78, 5) is 22.8. The largest absolute Gasteiger partial charge is 0.508 e. The Labute approximate surface area is 164 Å². The van der Waals surface area contributed by atoms with E-state index in [2.05, 4.69) is 6.92 Å². The summed E-state index contributed by atoms with van der Waals surface area (Å²) in [6.45, 7) is 2.12. The van der Waals surface area contributed by atoms with Crippen LogP contribution in [0.15, 0.2) is 18.2 Å². The maximum Gasteiger partial charge on any atom is 0.306 e. The molecule has 0 spiro atoms. The summed E-state index contributed by atoms with van der Waals surface area (Å²) < 4.78 is 5.63. The van der Waals surface area contributed by atoms with Crippen molar-refractivity contribution in [3.8, 4) is 5.75 Å². The second-order valence-corrected chi connectivity index (χ2v) is 8.95. The number of aliphatic carboxylic acids is 1. The lowest BCUT2D eigenvalue weighted by molar-refractivity contribution is -0.165. The average molecular weight is 388 g/mol. The van der Waals surface area contributed by atoms with Crippen LogP contribution < -0.4 is 0 Å². The van der Waals surface area contributed by atoms with Gasteiger partial charge in [0.15, 0.2) is 0 Å². The van der Waals surface area contributed by atoms with E-state index in [1.807, 2.05) is 12.1 Å². The molecule has 6 nitrogen and oxygen atoms in total. The van der Waals surface area contributed by atoms with Crippen molar-refractivity contribution in [1.82, 2.24) is 0 Å². The Hall–Kier alpha value is -2.08. The summed E-state index contributed by atoms with van der Waals surface area (Å²) in [5.41, 5.74) is 2.25. The number of aromatic hydroxyl groups is 1. The molecule has 6 unspecified atom stereocenters. The van der Waals surface area contributed by atoms with Gasteiger partial charge in [-0.05, 0) is 73.1 Å². The number of phenols is 1. The van der Waals surface area contributed by atoms with Crippen molar-refractivity contribution in [3.05, 3.63) is 29.3 Å². The molecule has 0 aromatic heterocycles. The van der Waals surface area contributed by atoms with Crippen LogP contribution in [0, 0.1) is 17.3 Å². The van der Waals surface area contributed by atoms with E-state index in [-0.39, 0.29) is 24.2 Å². The van der Waals surface area contributed by atoms with Crippen molar-refractivity contribution in [2.75, 3.05) is 0 Å². The van der Waals surface area contributed by atoms with Crippen LogP contribution in [0.25, 0.3) is 0 Å². The Kier molecular flexibility index (Phi) is 4.86. The van der Waals surface area contributed by atoms with Crippen LogP contribution in [0.5, 0.6) is 5.75 Å². The van der Waals surface area contributed by atoms with Crippen molar-refractivity contribution in [3.63, 3.8) is 0 Å². The highest BCUT2D eigenvalue weighted by Crippen LogP contribution is 2.61. The van der Waals surface area contributed by atoms with Gasteiger partial charge in [0.2, 0.25) is 0 Å². The van der Waals surface area contributed by atoms with Gasteiger partial charge in [0, 0.05) is 5.41 Å². The Balaban J connectivity index is 1.53. The van der Waals surface area contributed by atoms with Gasteiger partial charge in [0.25, 0.3) is 0 Å². The number of carboxylic acid groups (broad SMARTS) is 1. The topological polar surface area (TPSA) is 104 Å². The predicted molar refractivity (Wildman–Crippen MR) is 101 cm³/mol. The molecule has 0 bridgehead atoms. The lowest BCUT2D eigenvalue weighted by Crippen LogP contribution is -2.46. The molecule has 0 amide bonds. The summed E-state index contributed by atoms with van der Waals surface area (Å²) in [7, 11) is 0. The van der Waals surface area contributed by atoms with Gasteiger partial charge < -0.3 is 20.1 Å². The standard InChI is InChI=1S/C22H28O6/c1-22-9-8-15-14-5-3-13(23)10-12(14)2-4-16(15)17(22)11-18(24)21(22)28-20(27)7-6-19(25)26/h3,5,10,15-18,21,23-24H,2,4,6-9,11H2,1H3,(H,25,26). The number of esters is 1.